The van der Waals surface area contributed by atoms with E-state index in [4.69, 9.17) is 4.84 Å². The van der Waals surface area contributed by atoms with Crippen molar-refractivity contribution in [2.24, 2.45) is 0 Å². The fraction of sp³-hybridized carbons (Fsp3) is 0.385. The van der Waals surface area contributed by atoms with Gasteiger partial charge in [0.05, 0.1) is 23.1 Å². The summed E-state index contributed by atoms with van der Waals surface area (Å²) in [5.74, 6) is -0.978. The zero-order chi connectivity index (χ0) is 16.3. The Morgan fingerprint density at radius 3 is 2.82 bits per heavy atom. The summed E-state index contributed by atoms with van der Waals surface area (Å²) in [7, 11) is 0. The average molecular weight is 334 g/mol. The molecule has 0 saturated heterocycles. The number of hydrogen-bond donors (Lipinski definition) is 2. The van der Waals surface area contributed by atoms with E-state index >= 15 is 0 Å². The molecule has 5 nitrogen and oxygen atoms in total. The van der Waals surface area contributed by atoms with Gasteiger partial charge in [-0.3, -0.25) is 14.4 Å². The summed E-state index contributed by atoms with van der Waals surface area (Å²) in [6.45, 7) is 1.98. The first-order valence-electron chi connectivity index (χ1n) is 6.40. The Morgan fingerprint density at radius 1 is 1.45 bits per heavy atom. The van der Waals surface area contributed by atoms with Crippen LogP contribution >= 0.6 is 11.8 Å². The van der Waals surface area contributed by atoms with Crippen LogP contribution in [-0.2, 0) is 20.6 Å². The lowest BCUT2D eigenvalue weighted by atomic mass is 10.1. The van der Waals surface area contributed by atoms with Gasteiger partial charge in [0.15, 0.2) is 0 Å². The van der Waals surface area contributed by atoms with Gasteiger partial charge in [-0.1, -0.05) is 0 Å². The van der Waals surface area contributed by atoms with E-state index in [1.807, 2.05) is 0 Å². The van der Waals surface area contributed by atoms with Crippen molar-refractivity contribution in [2.45, 2.75) is 29.7 Å². The molecular formula is C13H13F3N2O3S. The van der Waals surface area contributed by atoms with Gasteiger partial charge in [-0.25, -0.2) is 5.48 Å². The van der Waals surface area contributed by atoms with Gasteiger partial charge in [0.25, 0.3) is 0 Å². The number of hydrogen-bond acceptors (Lipinski definition) is 4. The number of fused-ring (bicyclic) bond motifs is 1. The molecule has 1 heterocycles. The second-order valence-corrected chi connectivity index (χ2v) is 5.71. The van der Waals surface area contributed by atoms with Gasteiger partial charge >= 0.3 is 6.18 Å². The second kappa shape index (κ2) is 6.57. The number of nitrogens with one attached hydrogen (secondary N) is 2. The van der Waals surface area contributed by atoms with Gasteiger partial charge < -0.3 is 5.32 Å². The minimum Gasteiger partial charge on any atom is -0.324 e. The third-order valence-corrected chi connectivity index (χ3v) is 4.10. The van der Waals surface area contributed by atoms with Crippen LogP contribution in [0.1, 0.15) is 18.9 Å². The van der Waals surface area contributed by atoms with Crippen LogP contribution < -0.4 is 10.8 Å². The van der Waals surface area contributed by atoms with Crippen LogP contribution in [0.3, 0.4) is 0 Å². The van der Waals surface area contributed by atoms with E-state index in [0.717, 1.165) is 23.9 Å². The first-order chi connectivity index (χ1) is 10.3. The van der Waals surface area contributed by atoms with Crippen LogP contribution in [0.2, 0.25) is 0 Å². The van der Waals surface area contributed by atoms with E-state index in [-0.39, 0.29) is 12.1 Å². The molecule has 120 valence electrons. The Labute approximate surface area is 128 Å². The number of anilines is 1. The zero-order valence-corrected chi connectivity index (χ0v) is 12.3. The molecule has 0 spiro atoms. The van der Waals surface area contributed by atoms with Crippen molar-refractivity contribution < 1.29 is 27.6 Å². The Hall–Kier alpha value is -1.74. The van der Waals surface area contributed by atoms with Crippen molar-refractivity contribution in [2.75, 3.05) is 11.9 Å². The lowest BCUT2D eigenvalue weighted by Gasteiger charge is -2.24. The largest absolute Gasteiger partial charge is 0.416 e. The minimum atomic E-state index is -4.47. The predicted octanol–water partition coefficient (Wildman–Crippen LogP) is 2.58. The molecule has 0 radical (unpaired) electrons. The fourth-order valence-corrected chi connectivity index (χ4v) is 2.91. The number of carbonyl (C=O) groups excluding carboxylic acids is 2. The average Bonchev–Trinajstić information content (AvgIpc) is 2.44. The SMILES string of the molecule is CCONC(=O)CC1Sc2ccc(C(F)(F)F)cc2NC1=O. The second-order valence-electron chi connectivity index (χ2n) is 4.47. The lowest BCUT2D eigenvalue weighted by molar-refractivity contribution is -0.137. The van der Waals surface area contributed by atoms with Crippen LogP contribution in [0, 0.1) is 0 Å². The molecule has 0 bridgehead atoms. The molecule has 22 heavy (non-hydrogen) atoms. The number of benzene rings is 1. The van der Waals surface area contributed by atoms with E-state index in [1.165, 1.54) is 6.07 Å². The first-order valence-corrected chi connectivity index (χ1v) is 7.28. The summed E-state index contributed by atoms with van der Waals surface area (Å²) in [5.41, 5.74) is 1.44. The van der Waals surface area contributed by atoms with E-state index in [2.05, 4.69) is 10.8 Å². The molecule has 2 amide bonds. The molecule has 2 N–H and O–H groups in total. The van der Waals surface area contributed by atoms with Gasteiger partial charge in [0, 0.05) is 11.3 Å². The van der Waals surface area contributed by atoms with Crippen molar-refractivity contribution in [3.8, 4) is 0 Å². The molecular weight excluding hydrogens is 321 g/mol. The first kappa shape index (κ1) is 16.6. The molecule has 0 fully saturated rings. The Bertz CT molecular complexity index is 592. The molecule has 2 rings (SSSR count). The molecule has 9 heteroatoms. The number of alkyl halides is 3. The monoisotopic (exact) mass is 334 g/mol. The highest BCUT2D eigenvalue weighted by atomic mass is 32.2. The Balaban J connectivity index is 2.10. The van der Waals surface area contributed by atoms with Crippen molar-refractivity contribution in [1.29, 1.82) is 0 Å². The molecule has 0 aromatic heterocycles. The highest BCUT2D eigenvalue weighted by Crippen LogP contribution is 2.40. The molecule has 1 aliphatic rings. The van der Waals surface area contributed by atoms with Gasteiger partial charge in [0.1, 0.15) is 0 Å². The van der Waals surface area contributed by atoms with Gasteiger partial charge in [0.2, 0.25) is 11.8 Å². The number of amides is 2. The Kier molecular flexibility index (Phi) is 4.97. The van der Waals surface area contributed by atoms with Crippen molar-refractivity contribution >= 4 is 29.3 Å². The third kappa shape index (κ3) is 3.92. The lowest BCUT2D eigenvalue weighted by Crippen LogP contribution is -2.35. The molecule has 0 saturated carbocycles. The summed E-state index contributed by atoms with van der Waals surface area (Å²) in [6.07, 6.45) is -4.60. The molecule has 1 aliphatic heterocycles. The van der Waals surface area contributed by atoms with Gasteiger partial charge in [-0.15, -0.1) is 11.8 Å². The van der Waals surface area contributed by atoms with Crippen LogP contribution in [-0.4, -0.2) is 23.7 Å². The summed E-state index contributed by atoms with van der Waals surface area (Å²) >= 11 is 1.05. The molecule has 1 unspecified atom stereocenters. The van der Waals surface area contributed by atoms with Crippen molar-refractivity contribution in [3.63, 3.8) is 0 Å². The third-order valence-electron chi connectivity index (χ3n) is 2.83. The van der Waals surface area contributed by atoms with Gasteiger partial charge in [-0.2, -0.15) is 13.2 Å². The van der Waals surface area contributed by atoms with Crippen LogP contribution in [0.4, 0.5) is 18.9 Å². The molecule has 1 aromatic carbocycles. The number of thioether (sulfide) groups is 1. The minimum absolute atomic E-state index is 0.103. The maximum Gasteiger partial charge on any atom is 0.416 e. The standard InChI is InChI=1S/C13H13F3N2O3S/c1-2-21-18-11(19)6-10-12(20)17-8-5-7(13(14,15)16)3-4-9(8)22-10/h3-5,10H,2,6H2,1H3,(H,17,20)(H,18,19). The maximum atomic E-state index is 12.6. The quantitative estimate of drug-likeness (QED) is 0.831. The van der Waals surface area contributed by atoms with E-state index < -0.39 is 28.8 Å². The van der Waals surface area contributed by atoms with Gasteiger partial charge in [-0.05, 0) is 25.1 Å². The summed E-state index contributed by atoms with van der Waals surface area (Å²) in [6, 6.07) is 3.12. The number of rotatable bonds is 4. The van der Waals surface area contributed by atoms with Crippen LogP contribution in [0.15, 0.2) is 23.1 Å². The normalized spacial score (nSPS) is 17.6. The number of hydroxylamine groups is 1. The number of carbonyl (C=O) groups is 2. The Morgan fingerprint density at radius 2 is 2.18 bits per heavy atom. The molecule has 1 aromatic rings. The summed E-state index contributed by atoms with van der Waals surface area (Å²) in [5, 5.41) is 1.69. The summed E-state index contributed by atoms with van der Waals surface area (Å²) in [4.78, 5) is 28.6. The molecule has 1 atom stereocenters. The van der Waals surface area contributed by atoms with Crippen molar-refractivity contribution in [1.82, 2.24) is 5.48 Å². The molecule has 0 aliphatic carbocycles. The van der Waals surface area contributed by atoms with Crippen LogP contribution in [0.5, 0.6) is 0 Å². The van der Waals surface area contributed by atoms with E-state index in [0.29, 0.717) is 11.5 Å². The van der Waals surface area contributed by atoms with Crippen LogP contribution in [0.25, 0.3) is 0 Å². The maximum absolute atomic E-state index is 12.6. The summed E-state index contributed by atoms with van der Waals surface area (Å²) < 4.78 is 37.9. The van der Waals surface area contributed by atoms with E-state index in [9.17, 15) is 22.8 Å². The predicted molar refractivity (Wildman–Crippen MR) is 74.1 cm³/mol. The zero-order valence-electron chi connectivity index (χ0n) is 11.5. The van der Waals surface area contributed by atoms with E-state index in [1.54, 1.807) is 6.92 Å². The smallest absolute Gasteiger partial charge is 0.324 e. The van der Waals surface area contributed by atoms with Crippen molar-refractivity contribution in [3.05, 3.63) is 23.8 Å². The fourth-order valence-electron chi connectivity index (χ4n) is 1.82. The highest BCUT2D eigenvalue weighted by Gasteiger charge is 2.34. The number of halogens is 3. The topological polar surface area (TPSA) is 67.4 Å². The highest BCUT2D eigenvalue weighted by molar-refractivity contribution is 8.01.